The zero-order valence-corrected chi connectivity index (χ0v) is 25.0. The number of piperazine rings is 2. The van der Waals surface area contributed by atoms with Gasteiger partial charge in [-0.3, -0.25) is 0 Å². The van der Waals surface area contributed by atoms with Crippen LogP contribution in [0.25, 0.3) is 0 Å². The van der Waals surface area contributed by atoms with E-state index in [-0.39, 0.29) is 0 Å². The molecule has 2 aliphatic heterocycles. The van der Waals surface area contributed by atoms with Gasteiger partial charge >= 0.3 is 0 Å². The Morgan fingerprint density at radius 3 is 1.67 bits per heavy atom. The Bertz CT molecular complexity index is 1260. The van der Waals surface area contributed by atoms with Crippen molar-refractivity contribution in [1.82, 2.24) is 34.7 Å². The molecule has 2 fully saturated rings. The molecular formula is C28H37ClN8S2. The lowest BCUT2D eigenvalue weighted by molar-refractivity contribution is 0.534. The average molecular weight is 585 g/mol. The van der Waals surface area contributed by atoms with Gasteiger partial charge in [0.2, 0.25) is 9.60 Å². The van der Waals surface area contributed by atoms with Gasteiger partial charge in [-0.25, -0.2) is 9.97 Å². The number of nitrogens with one attached hydrogen (secondary N) is 3. The maximum absolute atomic E-state index is 5.71. The van der Waals surface area contributed by atoms with Gasteiger partial charge in [0.05, 0.1) is 0 Å². The molecule has 3 N–H and O–H groups in total. The van der Waals surface area contributed by atoms with Crippen molar-refractivity contribution in [1.29, 1.82) is 0 Å². The van der Waals surface area contributed by atoms with Gasteiger partial charge in [-0.2, -0.15) is 8.75 Å². The standard InChI is InChI=1S/C14H18N4S.C10H9ClN2S.C4H10N2/c1-11-4-2-3-5-12(11)10-13-16-14(19-17-13)18-8-6-15-7-9-18;1-7-4-2-3-5-8(7)6-9-12-10(11)14-13-9;1-2-6-4-3-5-1/h2-5,15H,6-10H2,1H3;2-5H,6H2,1H3;5-6H,1-4H2. The molecule has 0 saturated carbocycles. The molecule has 8 nitrogen and oxygen atoms in total. The van der Waals surface area contributed by atoms with Crippen LogP contribution in [0.5, 0.6) is 0 Å². The Balaban J connectivity index is 0.000000154. The fourth-order valence-corrected chi connectivity index (χ4v) is 5.54. The average Bonchev–Trinajstić information content (AvgIpc) is 3.62. The SMILES string of the molecule is C1CNCCN1.Cc1ccccc1Cc1nsc(Cl)n1.Cc1ccccc1Cc1nsc(N2CCNCC2)n1. The molecule has 6 rings (SSSR count). The summed E-state index contributed by atoms with van der Waals surface area (Å²) >= 11 is 8.46. The second-order valence-electron chi connectivity index (χ2n) is 9.40. The van der Waals surface area contributed by atoms with Crippen molar-refractivity contribution in [3.8, 4) is 0 Å². The molecule has 0 atom stereocenters. The second-order valence-corrected chi connectivity index (χ2v) is 11.5. The fraction of sp³-hybridized carbons (Fsp3) is 0.429. The van der Waals surface area contributed by atoms with Crippen LogP contribution < -0.4 is 20.9 Å². The Morgan fingerprint density at radius 2 is 1.18 bits per heavy atom. The summed E-state index contributed by atoms with van der Waals surface area (Å²) < 4.78 is 9.15. The van der Waals surface area contributed by atoms with Crippen LogP contribution in [-0.2, 0) is 12.8 Å². The molecular weight excluding hydrogens is 548 g/mol. The van der Waals surface area contributed by atoms with Gasteiger partial charge in [0, 0.05) is 76.7 Å². The number of nitrogens with zero attached hydrogens (tertiary/aromatic N) is 5. The highest BCUT2D eigenvalue weighted by molar-refractivity contribution is 7.10. The van der Waals surface area contributed by atoms with Gasteiger partial charge in [0.15, 0.2) is 0 Å². The summed E-state index contributed by atoms with van der Waals surface area (Å²) in [4.78, 5) is 11.1. The Morgan fingerprint density at radius 1 is 0.692 bits per heavy atom. The van der Waals surface area contributed by atoms with E-state index in [1.807, 2.05) is 12.1 Å². The highest BCUT2D eigenvalue weighted by Gasteiger charge is 2.15. The van der Waals surface area contributed by atoms with E-state index in [9.17, 15) is 0 Å². The minimum Gasteiger partial charge on any atom is -0.344 e. The predicted octanol–water partition coefficient (Wildman–Crippen LogP) is 4.12. The van der Waals surface area contributed by atoms with E-state index in [2.05, 4.69) is 89.8 Å². The molecule has 0 radical (unpaired) electrons. The predicted molar refractivity (Wildman–Crippen MR) is 164 cm³/mol. The van der Waals surface area contributed by atoms with Crippen molar-refractivity contribution >= 4 is 39.8 Å². The van der Waals surface area contributed by atoms with Crippen LogP contribution in [0.4, 0.5) is 5.13 Å². The Kier molecular flexibility index (Phi) is 12.1. The molecule has 2 aromatic carbocycles. The van der Waals surface area contributed by atoms with Crippen molar-refractivity contribution in [3.05, 3.63) is 86.9 Å². The van der Waals surface area contributed by atoms with Gasteiger partial charge in [-0.05, 0) is 59.2 Å². The third-order valence-corrected chi connectivity index (χ3v) is 8.12. The van der Waals surface area contributed by atoms with Crippen LogP contribution in [0.15, 0.2) is 48.5 Å². The van der Waals surface area contributed by atoms with Crippen molar-refractivity contribution in [3.63, 3.8) is 0 Å². The monoisotopic (exact) mass is 584 g/mol. The number of aryl methyl sites for hydroxylation is 2. The number of halogens is 1. The summed E-state index contributed by atoms with van der Waals surface area (Å²) in [5.74, 6) is 1.74. The molecule has 0 spiro atoms. The first-order chi connectivity index (χ1) is 19.1. The van der Waals surface area contributed by atoms with E-state index >= 15 is 0 Å². The molecule has 0 bridgehead atoms. The maximum atomic E-state index is 5.71. The number of hydrogen-bond donors (Lipinski definition) is 3. The number of aromatic nitrogens is 4. The molecule has 2 aliphatic rings. The van der Waals surface area contributed by atoms with Crippen LogP contribution in [0.3, 0.4) is 0 Å². The molecule has 0 amide bonds. The lowest BCUT2D eigenvalue weighted by Gasteiger charge is -2.26. The highest BCUT2D eigenvalue weighted by Crippen LogP contribution is 2.20. The van der Waals surface area contributed by atoms with Gasteiger partial charge in [-0.15, -0.1) is 0 Å². The van der Waals surface area contributed by atoms with Crippen LogP contribution in [-0.4, -0.2) is 71.1 Å². The number of hydrogen-bond acceptors (Lipinski definition) is 10. The maximum Gasteiger partial charge on any atom is 0.205 e. The Labute approximate surface area is 244 Å². The lowest BCUT2D eigenvalue weighted by atomic mass is 10.1. The first kappa shape index (κ1) is 29.5. The quantitative estimate of drug-likeness (QED) is 0.323. The summed E-state index contributed by atoms with van der Waals surface area (Å²) in [6.07, 6.45) is 1.59. The number of anilines is 1. The molecule has 4 aromatic rings. The van der Waals surface area contributed by atoms with E-state index in [4.69, 9.17) is 11.6 Å². The van der Waals surface area contributed by atoms with E-state index in [1.165, 1.54) is 45.3 Å². The smallest absolute Gasteiger partial charge is 0.205 e. The summed E-state index contributed by atoms with van der Waals surface area (Å²) in [5, 5.41) is 10.9. The third-order valence-electron chi connectivity index (χ3n) is 6.46. The largest absolute Gasteiger partial charge is 0.344 e. The zero-order chi connectivity index (χ0) is 27.3. The number of rotatable bonds is 5. The van der Waals surface area contributed by atoms with Crippen molar-refractivity contribution in [2.45, 2.75) is 26.7 Å². The third kappa shape index (κ3) is 9.90. The van der Waals surface area contributed by atoms with Gasteiger partial charge in [0.1, 0.15) is 11.6 Å². The van der Waals surface area contributed by atoms with Gasteiger partial charge < -0.3 is 20.9 Å². The van der Waals surface area contributed by atoms with Crippen LogP contribution in [0, 0.1) is 13.8 Å². The first-order valence-corrected chi connectivity index (χ1v) is 15.3. The number of benzene rings is 2. The summed E-state index contributed by atoms with van der Waals surface area (Å²) in [7, 11) is 0. The van der Waals surface area contributed by atoms with Crippen molar-refractivity contribution < 1.29 is 0 Å². The molecule has 39 heavy (non-hydrogen) atoms. The topological polar surface area (TPSA) is 90.9 Å². The van der Waals surface area contributed by atoms with E-state index < -0.39 is 0 Å². The van der Waals surface area contributed by atoms with Gasteiger partial charge in [-0.1, -0.05) is 48.5 Å². The van der Waals surface area contributed by atoms with Crippen LogP contribution >= 0.6 is 34.7 Å². The molecule has 4 heterocycles. The summed E-state index contributed by atoms with van der Waals surface area (Å²) in [6, 6.07) is 16.7. The fourth-order valence-electron chi connectivity index (χ4n) is 4.17. The van der Waals surface area contributed by atoms with Crippen LogP contribution in [0.1, 0.15) is 33.9 Å². The normalized spacial score (nSPS) is 15.1. The van der Waals surface area contributed by atoms with E-state index in [0.29, 0.717) is 4.47 Å². The second kappa shape index (κ2) is 16.0. The Hall–Kier alpha value is -2.47. The summed E-state index contributed by atoms with van der Waals surface area (Å²) in [6.45, 7) is 12.9. The van der Waals surface area contributed by atoms with Crippen molar-refractivity contribution in [2.75, 3.05) is 57.3 Å². The zero-order valence-electron chi connectivity index (χ0n) is 22.6. The summed E-state index contributed by atoms with van der Waals surface area (Å²) in [5.41, 5.74) is 5.13. The molecule has 208 valence electrons. The minimum absolute atomic E-state index is 0.508. The molecule has 0 aliphatic carbocycles. The van der Waals surface area contributed by atoms with E-state index in [1.54, 1.807) is 0 Å². The molecule has 11 heteroatoms. The van der Waals surface area contributed by atoms with E-state index in [0.717, 1.165) is 82.0 Å². The molecule has 2 saturated heterocycles. The van der Waals surface area contributed by atoms with Crippen LogP contribution in [0.2, 0.25) is 4.47 Å². The highest BCUT2D eigenvalue weighted by atomic mass is 35.5. The lowest BCUT2D eigenvalue weighted by Crippen LogP contribution is -2.43. The molecule has 2 aromatic heterocycles. The minimum atomic E-state index is 0.508. The first-order valence-electron chi connectivity index (χ1n) is 13.4. The molecule has 0 unspecified atom stereocenters. The van der Waals surface area contributed by atoms with Gasteiger partial charge in [0.25, 0.3) is 0 Å². The van der Waals surface area contributed by atoms with Crippen molar-refractivity contribution in [2.24, 2.45) is 0 Å².